The van der Waals surface area contributed by atoms with E-state index in [2.05, 4.69) is 0 Å². The van der Waals surface area contributed by atoms with E-state index in [-0.39, 0.29) is 25.0 Å². The first-order valence-corrected chi connectivity index (χ1v) is 8.43. The third-order valence-corrected chi connectivity index (χ3v) is 5.75. The van der Waals surface area contributed by atoms with Gasteiger partial charge in [0.25, 0.3) is 5.92 Å². The van der Waals surface area contributed by atoms with Crippen molar-refractivity contribution in [2.24, 2.45) is 23.2 Å². The molecule has 0 aliphatic heterocycles. The van der Waals surface area contributed by atoms with E-state index in [1.54, 1.807) is 12.1 Å². The van der Waals surface area contributed by atoms with Gasteiger partial charge in [-0.05, 0) is 43.7 Å². The van der Waals surface area contributed by atoms with Crippen LogP contribution in [0.25, 0.3) is 0 Å². The summed E-state index contributed by atoms with van der Waals surface area (Å²) in [5.41, 5.74) is -1.53. The Kier molecular flexibility index (Phi) is 3.48. The minimum atomic E-state index is -2.90. The van der Waals surface area contributed by atoms with Gasteiger partial charge in [0.1, 0.15) is 18.6 Å². The van der Waals surface area contributed by atoms with E-state index < -0.39 is 23.2 Å². The number of hydrogen-bond donors (Lipinski definition) is 0. The van der Waals surface area contributed by atoms with Gasteiger partial charge in [0, 0.05) is 5.92 Å². The molecule has 4 aliphatic rings. The molecule has 0 saturated heterocycles. The zero-order valence-electron chi connectivity index (χ0n) is 13.5. The van der Waals surface area contributed by atoms with Crippen LogP contribution in [-0.2, 0) is 9.53 Å². The second-order valence-corrected chi connectivity index (χ2v) is 6.74. The van der Waals surface area contributed by atoms with Crippen LogP contribution in [0, 0.1) is 23.2 Å². The van der Waals surface area contributed by atoms with Crippen molar-refractivity contribution in [1.82, 2.24) is 0 Å². The summed E-state index contributed by atoms with van der Waals surface area (Å²) in [6.07, 6.45) is 0.927. The predicted molar refractivity (Wildman–Crippen MR) is 81.1 cm³/mol. The molecule has 4 saturated carbocycles. The maximum absolute atomic E-state index is 14.3. The number of rotatable bonds is 7. The maximum atomic E-state index is 14.3. The second kappa shape index (κ2) is 5.33. The zero-order valence-corrected chi connectivity index (χ0v) is 13.5. The average Bonchev–Trinajstić information content (AvgIpc) is 2.80. The van der Waals surface area contributed by atoms with Gasteiger partial charge in [-0.3, -0.25) is 4.79 Å². The molecule has 4 nitrogen and oxygen atoms in total. The van der Waals surface area contributed by atoms with Crippen molar-refractivity contribution in [2.75, 3.05) is 19.8 Å². The van der Waals surface area contributed by atoms with Crippen molar-refractivity contribution in [3.05, 3.63) is 24.3 Å². The highest BCUT2D eigenvalue weighted by atomic mass is 19.3. The van der Waals surface area contributed by atoms with E-state index in [0.717, 1.165) is 0 Å². The van der Waals surface area contributed by atoms with Crippen molar-refractivity contribution in [3.63, 3.8) is 0 Å². The van der Waals surface area contributed by atoms with Gasteiger partial charge in [-0.15, -0.1) is 0 Å². The fourth-order valence-electron chi connectivity index (χ4n) is 4.76. The molecule has 0 heterocycles. The van der Waals surface area contributed by atoms with Gasteiger partial charge in [-0.1, -0.05) is 12.1 Å². The summed E-state index contributed by atoms with van der Waals surface area (Å²) in [4.78, 5) is 12.3. The molecule has 1 aromatic rings. The highest BCUT2D eigenvalue weighted by molar-refractivity contribution is 5.85. The molecule has 0 aromatic heterocycles. The van der Waals surface area contributed by atoms with Crippen LogP contribution in [0.15, 0.2) is 24.3 Å². The van der Waals surface area contributed by atoms with Crippen LogP contribution in [0.3, 0.4) is 0 Å². The Balaban J connectivity index is 1.31. The van der Waals surface area contributed by atoms with Crippen LogP contribution in [0.1, 0.15) is 19.8 Å². The second-order valence-electron chi connectivity index (χ2n) is 6.74. The lowest BCUT2D eigenvalue weighted by Gasteiger charge is -2.21. The highest BCUT2D eigenvalue weighted by Crippen LogP contribution is 2.84. The number of halogens is 2. The van der Waals surface area contributed by atoms with E-state index >= 15 is 0 Å². The number of alkyl halides is 2. The van der Waals surface area contributed by atoms with Crippen molar-refractivity contribution in [1.29, 1.82) is 0 Å². The first-order chi connectivity index (χ1) is 11.5. The Morgan fingerprint density at radius 3 is 2.29 bits per heavy atom. The van der Waals surface area contributed by atoms with Crippen LogP contribution in [-0.4, -0.2) is 31.7 Å². The normalized spacial score (nSPS) is 34.0. The fourth-order valence-corrected chi connectivity index (χ4v) is 4.76. The summed E-state index contributed by atoms with van der Waals surface area (Å²) in [6, 6.07) is 7.18. The average molecular weight is 338 g/mol. The Morgan fingerprint density at radius 2 is 1.75 bits per heavy atom. The molecule has 2 atom stereocenters. The summed E-state index contributed by atoms with van der Waals surface area (Å²) in [6.45, 7) is 2.45. The summed E-state index contributed by atoms with van der Waals surface area (Å²) < 4.78 is 44.7. The number of carbonyl (C=O) groups is 1. The summed E-state index contributed by atoms with van der Waals surface area (Å²) in [7, 11) is 0. The lowest BCUT2D eigenvalue weighted by molar-refractivity contribution is -0.168. The third kappa shape index (κ3) is 1.91. The summed E-state index contributed by atoms with van der Waals surface area (Å²) in [5, 5.41) is 0. The first kappa shape index (κ1) is 15.7. The molecule has 0 spiro atoms. The SMILES string of the molecule is CCOc1ccccc1OCCOC(=O)C12C3CC(CC31)C2(F)F. The van der Waals surface area contributed by atoms with Crippen LogP contribution < -0.4 is 9.47 Å². The number of benzene rings is 1. The Labute approximate surface area is 139 Å². The zero-order chi connectivity index (χ0) is 16.9. The molecule has 0 N–H and O–H groups in total. The molecule has 130 valence electrons. The lowest BCUT2D eigenvalue weighted by atomic mass is 9.99. The van der Waals surface area contributed by atoms with Gasteiger partial charge >= 0.3 is 5.97 Å². The van der Waals surface area contributed by atoms with Crippen LogP contribution in [0.5, 0.6) is 11.5 Å². The van der Waals surface area contributed by atoms with E-state index in [1.807, 2.05) is 19.1 Å². The number of esters is 1. The van der Waals surface area contributed by atoms with Crippen molar-refractivity contribution >= 4 is 5.97 Å². The lowest BCUT2D eigenvalue weighted by Crippen LogP contribution is -2.37. The van der Waals surface area contributed by atoms with Crippen molar-refractivity contribution in [3.8, 4) is 11.5 Å². The van der Waals surface area contributed by atoms with Crippen LogP contribution >= 0.6 is 0 Å². The maximum Gasteiger partial charge on any atom is 0.318 e. The van der Waals surface area contributed by atoms with E-state index in [0.29, 0.717) is 30.9 Å². The Bertz CT molecular complexity index is 648. The highest BCUT2D eigenvalue weighted by Gasteiger charge is 2.92. The third-order valence-electron chi connectivity index (χ3n) is 5.75. The van der Waals surface area contributed by atoms with Gasteiger partial charge in [0.2, 0.25) is 0 Å². The molecule has 0 radical (unpaired) electrons. The Hall–Kier alpha value is -1.85. The summed E-state index contributed by atoms with van der Waals surface area (Å²) in [5.74, 6) is -3.48. The van der Waals surface area contributed by atoms with Crippen molar-refractivity contribution < 1.29 is 27.8 Å². The molecule has 0 amide bonds. The molecule has 4 fully saturated rings. The monoisotopic (exact) mass is 338 g/mol. The van der Waals surface area contributed by atoms with E-state index in [4.69, 9.17) is 14.2 Å². The predicted octanol–water partition coefficient (Wildman–Crippen LogP) is 3.30. The van der Waals surface area contributed by atoms with Gasteiger partial charge in [-0.2, -0.15) is 0 Å². The van der Waals surface area contributed by atoms with Gasteiger partial charge < -0.3 is 14.2 Å². The smallest absolute Gasteiger partial charge is 0.318 e. The molecule has 1 aromatic carbocycles. The largest absolute Gasteiger partial charge is 0.490 e. The molecule has 24 heavy (non-hydrogen) atoms. The van der Waals surface area contributed by atoms with E-state index in [1.165, 1.54) is 0 Å². The minimum absolute atomic E-state index is 0.0404. The number of carbonyl (C=O) groups excluding carboxylic acids is 1. The van der Waals surface area contributed by atoms with E-state index in [9.17, 15) is 13.6 Å². The first-order valence-electron chi connectivity index (χ1n) is 8.43. The number of hydrogen-bond acceptors (Lipinski definition) is 4. The van der Waals surface area contributed by atoms with Gasteiger partial charge in [0.15, 0.2) is 11.5 Å². The molecule has 2 unspecified atom stereocenters. The van der Waals surface area contributed by atoms with Gasteiger partial charge in [-0.25, -0.2) is 8.78 Å². The molecule has 5 rings (SSSR count). The standard InChI is InChI=1S/C18H20F2O4/c1-2-22-14-5-3-4-6-15(14)23-7-8-24-16(21)17-12-9-11(10-13(12)17)18(17,19)20/h3-6,11-13H,2,7-10H2,1H3. The minimum Gasteiger partial charge on any atom is -0.490 e. The van der Waals surface area contributed by atoms with Crippen LogP contribution in [0.2, 0.25) is 0 Å². The molecular weight excluding hydrogens is 318 g/mol. The molecule has 4 bridgehead atoms. The van der Waals surface area contributed by atoms with Crippen LogP contribution in [0.4, 0.5) is 8.78 Å². The van der Waals surface area contributed by atoms with Crippen molar-refractivity contribution in [2.45, 2.75) is 25.7 Å². The Morgan fingerprint density at radius 1 is 1.12 bits per heavy atom. The topological polar surface area (TPSA) is 44.8 Å². The molecular formula is C18H20F2O4. The van der Waals surface area contributed by atoms with Gasteiger partial charge in [0.05, 0.1) is 6.61 Å². The summed E-state index contributed by atoms with van der Waals surface area (Å²) >= 11 is 0. The quantitative estimate of drug-likeness (QED) is 0.565. The molecule has 6 heteroatoms. The number of ether oxygens (including phenoxy) is 3. The fraction of sp³-hybridized carbons (Fsp3) is 0.611. The molecule has 4 aliphatic carbocycles. The number of para-hydroxylation sites is 2.